The van der Waals surface area contributed by atoms with Gasteiger partial charge in [-0.15, -0.1) is 15.3 Å². The van der Waals surface area contributed by atoms with Crippen molar-refractivity contribution in [2.45, 2.75) is 34.1 Å². The molecule has 0 fully saturated rings. The number of anilines is 3. The molecule has 0 bridgehead atoms. The Morgan fingerprint density at radius 1 is 1.00 bits per heavy atom. The van der Waals surface area contributed by atoms with Crippen LogP contribution >= 0.6 is 0 Å². The molecule has 0 aliphatic heterocycles. The number of rotatable bonds is 10. The Kier molecular flexibility index (Phi) is 8.74. The number of ether oxygens (including phenoxy) is 1. The van der Waals surface area contributed by atoms with Gasteiger partial charge >= 0.3 is 0 Å². The van der Waals surface area contributed by atoms with Crippen LogP contribution in [0.5, 0.6) is 0 Å². The van der Waals surface area contributed by atoms with E-state index < -0.39 is 0 Å². The van der Waals surface area contributed by atoms with Crippen molar-refractivity contribution in [1.82, 2.24) is 24.7 Å². The SMILES string of the molecule is COCCCNc1nc(Nc2c(C)cc(C)cc2C)c(C#N)c(C)c1N=Nc1nn(-c2ncccn2)cc1C#N. The Labute approximate surface area is 232 Å². The number of aryl methyl sites for hydroxylation is 3. The minimum absolute atomic E-state index is 0.0892. The molecule has 0 unspecified atom stereocenters. The molecule has 0 aliphatic carbocycles. The molecular weight excluding hydrogens is 506 g/mol. The second-order valence-electron chi connectivity index (χ2n) is 9.11. The van der Waals surface area contributed by atoms with Crippen LogP contribution in [0, 0.1) is 50.4 Å². The zero-order chi connectivity index (χ0) is 28.6. The summed E-state index contributed by atoms with van der Waals surface area (Å²) in [5.41, 5.74) is 5.60. The molecule has 40 heavy (non-hydrogen) atoms. The third kappa shape index (κ3) is 6.09. The standard InChI is InChI=1S/C28H29N11O/c1-17-12-18(2)23(19(3)13-17)34-26-22(15-30)20(4)24(27(35-26)31-10-7-11-40-5)36-37-25-21(14-29)16-39(38-25)28-32-8-6-9-33-28/h6,8-9,12-13,16H,7,10-11H2,1-5H3,(H2,31,34,35). The Morgan fingerprint density at radius 3 is 2.38 bits per heavy atom. The largest absolute Gasteiger partial charge is 0.385 e. The molecular formula is C28H29N11O. The van der Waals surface area contributed by atoms with Crippen molar-refractivity contribution in [1.29, 1.82) is 10.5 Å². The van der Waals surface area contributed by atoms with Gasteiger partial charge in [0.05, 0.1) is 11.8 Å². The van der Waals surface area contributed by atoms with E-state index in [1.807, 2.05) is 20.8 Å². The average molecular weight is 536 g/mol. The van der Waals surface area contributed by atoms with Crippen LogP contribution in [0.3, 0.4) is 0 Å². The number of nitriles is 2. The van der Waals surface area contributed by atoms with Crippen molar-refractivity contribution in [3.8, 4) is 18.1 Å². The zero-order valence-corrected chi connectivity index (χ0v) is 23.0. The fourth-order valence-corrected chi connectivity index (χ4v) is 4.21. The van der Waals surface area contributed by atoms with E-state index in [1.165, 1.54) is 10.9 Å². The van der Waals surface area contributed by atoms with Gasteiger partial charge in [0.2, 0.25) is 5.82 Å². The molecule has 4 aromatic rings. The summed E-state index contributed by atoms with van der Waals surface area (Å²) in [6.45, 7) is 8.98. The summed E-state index contributed by atoms with van der Waals surface area (Å²) in [6, 6.07) is 10.2. The van der Waals surface area contributed by atoms with Crippen molar-refractivity contribution >= 4 is 28.8 Å². The molecule has 12 heteroatoms. The van der Waals surface area contributed by atoms with Crippen molar-refractivity contribution < 1.29 is 4.74 Å². The van der Waals surface area contributed by atoms with E-state index in [0.29, 0.717) is 47.5 Å². The highest BCUT2D eigenvalue weighted by Gasteiger charge is 2.19. The van der Waals surface area contributed by atoms with Crippen LogP contribution in [0.15, 0.2) is 47.0 Å². The number of nitrogens with one attached hydrogen (secondary N) is 2. The van der Waals surface area contributed by atoms with E-state index in [4.69, 9.17) is 9.72 Å². The molecule has 202 valence electrons. The third-order valence-electron chi connectivity index (χ3n) is 6.08. The molecule has 0 atom stereocenters. The molecule has 0 amide bonds. The summed E-state index contributed by atoms with van der Waals surface area (Å²) in [6.07, 6.45) is 5.37. The van der Waals surface area contributed by atoms with Gasteiger partial charge < -0.3 is 15.4 Å². The van der Waals surface area contributed by atoms with E-state index >= 15 is 0 Å². The van der Waals surface area contributed by atoms with Crippen LogP contribution in [0.1, 0.15) is 39.8 Å². The lowest BCUT2D eigenvalue weighted by Crippen LogP contribution is -2.10. The maximum Gasteiger partial charge on any atom is 0.250 e. The summed E-state index contributed by atoms with van der Waals surface area (Å²) in [5, 5.41) is 39.4. The number of hydrogen-bond acceptors (Lipinski definition) is 11. The minimum Gasteiger partial charge on any atom is -0.385 e. The Morgan fingerprint density at radius 2 is 1.73 bits per heavy atom. The van der Waals surface area contributed by atoms with Crippen molar-refractivity contribution in [3.63, 3.8) is 0 Å². The quantitative estimate of drug-likeness (QED) is 0.193. The molecule has 2 N–H and O–H groups in total. The first-order valence-corrected chi connectivity index (χ1v) is 12.6. The number of aromatic nitrogens is 5. The predicted octanol–water partition coefficient (Wildman–Crippen LogP) is 5.64. The van der Waals surface area contributed by atoms with Crippen molar-refractivity contribution in [2.24, 2.45) is 10.2 Å². The lowest BCUT2D eigenvalue weighted by molar-refractivity contribution is 0.198. The number of benzene rings is 1. The Bertz CT molecular complexity index is 1610. The van der Waals surface area contributed by atoms with Gasteiger partial charge in [0.1, 0.15) is 23.4 Å². The number of azo groups is 1. The molecule has 0 saturated heterocycles. The molecule has 0 aliphatic rings. The topological polar surface area (TPSA) is 162 Å². The average Bonchev–Trinajstić information content (AvgIpc) is 3.36. The van der Waals surface area contributed by atoms with E-state index in [2.05, 4.69) is 60.2 Å². The highest BCUT2D eigenvalue weighted by atomic mass is 16.5. The van der Waals surface area contributed by atoms with Gasteiger partial charge in [-0.25, -0.2) is 19.6 Å². The highest BCUT2D eigenvalue weighted by Crippen LogP contribution is 2.37. The molecule has 0 saturated carbocycles. The number of methoxy groups -OCH3 is 1. The summed E-state index contributed by atoms with van der Waals surface area (Å²) in [7, 11) is 1.64. The van der Waals surface area contributed by atoms with Crippen LogP contribution < -0.4 is 10.6 Å². The van der Waals surface area contributed by atoms with Gasteiger partial charge in [0.25, 0.3) is 5.95 Å². The molecule has 0 radical (unpaired) electrons. The van der Waals surface area contributed by atoms with E-state index in [9.17, 15) is 10.5 Å². The second-order valence-corrected chi connectivity index (χ2v) is 9.11. The lowest BCUT2D eigenvalue weighted by Gasteiger charge is -2.18. The normalized spacial score (nSPS) is 10.9. The fourth-order valence-electron chi connectivity index (χ4n) is 4.21. The van der Waals surface area contributed by atoms with Gasteiger partial charge in [0.15, 0.2) is 11.6 Å². The maximum absolute atomic E-state index is 10.1. The molecule has 4 rings (SSSR count). The Balaban J connectivity index is 1.77. The molecule has 3 heterocycles. The van der Waals surface area contributed by atoms with Gasteiger partial charge in [-0.05, 0) is 51.3 Å². The molecule has 12 nitrogen and oxygen atoms in total. The fraction of sp³-hybridized carbons (Fsp3) is 0.286. The van der Waals surface area contributed by atoms with Crippen LogP contribution in [-0.4, -0.2) is 45.0 Å². The summed E-state index contributed by atoms with van der Waals surface area (Å²) >= 11 is 0. The first-order chi connectivity index (χ1) is 19.4. The van der Waals surface area contributed by atoms with Gasteiger partial charge in [0, 0.05) is 43.9 Å². The van der Waals surface area contributed by atoms with Gasteiger partial charge in [-0.3, -0.25) is 0 Å². The van der Waals surface area contributed by atoms with Crippen LogP contribution in [0.25, 0.3) is 5.95 Å². The number of nitrogens with zero attached hydrogens (tertiary/aromatic N) is 9. The Hall–Kier alpha value is -5.20. The monoisotopic (exact) mass is 535 g/mol. The van der Waals surface area contributed by atoms with Crippen LogP contribution in [-0.2, 0) is 4.74 Å². The van der Waals surface area contributed by atoms with Crippen LogP contribution in [0.2, 0.25) is 0 Å². The van der Waals surface area contributed by atoms with Gasteiger partial charge in [-0.1, -0.05) is 17.7 Å². The maximum atomic E-state index is 10.1. The summed E-state index contributed by atoms with van der Waals surface area (Å²) < 4.78 is 6.53. The first-order valence-electron chi connectivity index (χ1n) is 12.6. The zero-order valence-electron chi connectivity index (χ0n) is 23.0. The van der Waals surface area contributed by atoms with E-state index in [1.54, 1.807) is 32.5 Å². The molecule has 1 aromatic carbocycles. The molecule has 0 spiro atoms. The number of pyridine rings is 1. The van der Waals surface area contributed by atoms with Gasteiger partial charge in [-0.2, -0.15) is 10.5 Å². The number of hydrogen-bond donors (Lipinski definition) is 2. The van der Waals surface area contributed by atoms with E-state index in [-0.39, 0.29) is 11.4 Å². The smallest absolute Gasteiger partial charge is 0.250 e. The van der Waals surface area contributed by atoms with E-state index in [0.717, 1.165) is 28.8 Å². The van der Waals surface area contributed by atoms with Crippen molar-refractivity contribution in [2.75, 3.05) is 30.9 Å². The minimum atomic E-state index is 0.0892. The first kappa shape index (κ1) is 27.8. The second kappa shape index (κ2) is 12.6. The highest BCUT2D eigenvalue weighted by molar-refractivity contribution is 5.78. The lowest BCUT2D eigenvalue weighted by atomic mass is 10.0. The summed E-state index contributed by atoms with van der Waals surface area (Å²) in [5.74, 6) is 1.23. The molecule has 3 aromatic heterocycles. The van der Waals surface area contributed by atoms with Crippen molar-refractivity contribution in [3.05, 3.63) is 70.2 Å². The predicted molar refractivity (Wildman–Crippen MR) is 151 cm³/mol. The summed E-state index contributed by atoms with van der Waals surface area (Å²) in [4.78, 5) is 13.1. The third-order valence-corrected chi connectivity index (χ3v) is 6.08. The van der Waals surface area contributed by atoms with Crippen LogP contribution in [0.4, 0.5) is 28.8 Å².